The number of hydrogen-bond acceptors (Lipinski definition) is 4. The largest absolute Gasteiger partial charge is 0.355 e. The molecule has 0 aliphatic rings. The van der Waals surface area contributed by atoms with Crippen LogP contribution in [0, 0.1) is 6.92 Å². The smallest absolute Gasteiger partial charge is 0.234 e. The summed E-state index contributed by atoms with van der Waals surface area (Å²) in [5.41, 5.74) is 1.93. The highest BCUT2D eigenvalue weighted by molar-refractivity contribution is 8.01. The summed E-state index contributed by atoms with van der Waals surface area (Å²) in [5, 5.41) is 7.53. The summed E-state index contributed by atoms with van der Waals surface area (Å²) in [7, 11) is 0. The van der Waals surface area contributed by atoms with Crippen molar-refractivity contribution in [1.29, 1.82) is 0 Å². The van der Waals surface area contributed by atoms with Crippen molar-refractivity contribution >= 4 is 40.6 Å². The van der Waals surface area contributed by atoms with Crippen LogP contribution in [-0.4, -0.2) is 29.4 Å². The molecule has 1 unspecified atom stereocenters. The number of carbonyl (C=O) groups excluding carboxylic acids is 2. The van der Waals surface area contributed by atoms with E-state index in [-0.39, 0.29) is 22.8 Å². The number of anilines is 1. The Morgan fingerprint density at radius 3 is 2.62 bits per heavy atom. The van der Waals surface area contributed by atoms with Crippen molar-refractivity contribution in [3.63, 3.8) is 0 Å². The Kier molecular flexibility index (Phi) is 7.34. The van der Waals surface area contributed by atoms with Gasteiger partial charge in [-0.25, -0.2) is 0 Å². The standard InChI is InChI=1S/C18H22N2O2S2/c1-13-5-7-15(8-6-13)20-17(21)12-24-14(2)18(22)19-10-9-16-4-3-11-23-16/h3-8,11,14H,9-10,12H2,1-2H3,(H,19,22)(H,20,21). The van der Waals surface area contributed by atoms with Crippen LogP contribution < -0.4 is 10.6 Å². The summed E-state index contributed by atoms with van der Waals surface area (Å²) >= 11 is 3.03. The van der Waals surface area contributed by atoms with Crippen LogP contribution >= 0.6 is 23.1 Å². The molecule has 4 nitrogen and oxygen atoms in total. The van der Waals surface area contributed by atoms with Crippen molar-refractivity contribution in [2.45, 2.75) is 25.5 Å². The van der Waals surface area contributed by atoms with Crippen LogP contribution in [0.15, 0.2) is 41.8 Å². The SMILES string of the molecule is Cc1ccc(NC(=O)CSC(C)C(=O)NCCc2cccs2)cc1. The van der Waals surface area contributed by atoms with Crippen LogP contribution in [0.1, 0.15) is 17.4 Å². The lowest BCUT2D eigenvalue weighted by Crippen LogP contribution is -2.33. The van der Waals surface area contributed by atoms with E-state index in [1.165, 1.54) is 16.6 Å². The van der Waals surface area contributed by atoms with Gasteiger partial charge in [-0.1, -0.05) is 23.8 Å². The molecule has 2 N–H and O–H groups in total. The lowest BCUT2D eigenvalue weighted by molar-refractivity contribution is -0.120. The average Bonchev–Trinajstić information content (AvgIpc) is 3.08. The molecular weight excluding hydrogens is 340 g/mol. The van der Waals surface area contributed by atoms with Gasteiger partial charge in [0.25, 0.3) is 0 Å². The van der Waals surface area contributed by atoms with Gasteiger partial charge in [0, 0.05) is 17.1 Å². The molecule has 1 heterocycles. The van der Waals surface area contributed by atoms with E-state index in [0.717, 1.165) is 17.7 Å². The molecule has 0 aliphatic heterocycles. The molecule has 6 heteroatoms. The molecule has 2 amide bonds. The molecule has 1 atom stereocenters. The van der Waals surface area contributed by atoms with E-state index in [4.69, 9.17) is 0 Å². The summed E-state index contributed by atoms with van der Waals surface area (Å²) in [4.78, 5) is 25.2. The predicted molar refractivity (Wildman–Crippen MR) is 103 cm³/mol. The molecule has 0 aliphatic carbocycles. The molecule has 0 saturated carbocycles. The summed E-state index contributed by atoms with van der Waals surface area (Å²) in [6.07, 6.45) is 0.842. The topological polar surface area (TPSA) is 58.2 Å². The van der Waals surface area contributed by atoms with Gasteiger partial charge >= 0.3 is 0 Å². The van der Waals surface area contributed by atoms with E-state index in [0.29, 0.717) is 6.54 Å². The molecule has 0 spiro atoms. The molecule has 1 aromatic carbocycles. The van der Waals surface area contributed by atoms with E-state index >= 15 is 0 Å². The van der Waals surface area contributed by atoms with Gasteiger partial charge in [0.2, 0.25) is 11.8 Å². The molecule has 0 fully saturated rings. The minimum Gasteiger partial charge on any atom is -0.355 e. The van der Waals surface area contributed by atoms with Crippen LogP contribution in [-0.2, 0) is 16.0 Å². The van der Waals surface area contributed by atoms with E-state index in [9.17, 15) is 9.59 Å². The number of thioether (sulfide) groups is 1. The third kappa shape index (κ3) is 6.37. The average molecular weight is 363 g/mol. The second-order valence-electron chi connectivity index (χ2n) is 5.49. The first-order valence-electron chi connectivity index (χ1n) is 7.83. The Labute approximate surface area is 151 Å². The molecule has 128 valence electrons. The lowest BCUT2D eigenvalue weighted by Gasteiger charge is -2.12. The van der Waals surface area contributed by atoms with Crippen molar-refractivity contribution < 1.29 is 9.59 Å². The fourth-order valence-electron chi connectivity index (χ4n) is 2.02. The Hall–Kier alpha value is -1.79. The summed E-state index contributed by atoms with van der Waals surface area (Å²) in [6.45, 7) is 4.45. The van der Waals surface area contributed by atoms with E-state index in [1.54, 1.807) is 11.3 Å². The van der Waals surface area contributed by atoms with Gasteiger partial charge in [0.05, 0.1) is 11.0 Å². The Bertz CT molecular complexity index is 654. The van der Waals surface area contributed by atoms with Crippen LogP contribution in [0.3, 0.4) is 0 Å². The lowest BCUT2D eigenvalue weighted by atomic mass is 10.2. The summed E-state index contributed by atoms with van der Waals surface area (Å²) < 4.78 is 0. The van der Waals surface area contributed by atoms with Crippen LogP contribution in [0.4, 0.5) is 5.69 Å². The number of hydrogen-bond donors (Lipinski definition) is 2. The first-order valence-corrected chi connectivity index (χ1v) is 9.75. The number of benzene rings is 1. The van der Waals surface area contributed by atoms with Gasteiger partial charge in [-0.2, -0.15) is 0 Å². The molecule has 24 heavy (non-hydrogen) atoms. The zero-order chi connectivity index (χ0) is 17.4. The van der Waals surface area contributed by atoms with E-state index in [1.807, 2.05) is 49.6 Å². The van der Waals surface area contributed by atoms with Crippen molar-refractivity contribution in [1.82, 2.24) is 5.32 Å². The second-order valence-corrected chi connectivity index (χ2v) is 7.85. The Balaban J connectivity index is 1.65. The van der Waals surface area contributed by atoms with Crippen molar-refractivity contribution in [2.75, 3.05) is 17.6 Å². The number of rotatable bonds is 8. The first-order chi connectivity index (χ1) is 11.5. The molecule has 2 aromatic rings. The monoisotopic (exact) mass is 362 g/mol. The van der Waals surface area contributed by atoms with Crippen molar-refractivity contribution in [3.8, 4) is 0 Å². The number of nitrogens with one attached hydrogen (secondary N) is 2. The summed E-state index contributed by atoms with van der Waals surface area (Å²) in [5.74, 6) is 0.134. The highest BCUT2D eigenvalue weighted by atomic mass is 32.2. The minimum absolute atomic E-state index is 0.0281. The molecule has 1 aromatic heterocycles. The first kappa shape index (κ1) is 18.5. The number of amides is 2. The zero-order valence-electron chi connectivity index (χ0n) is 13.9. The molecule has 0 saturated heterocycles. The van der Waals surface area contributed by atoms with Crippen LogP contribution in [0.2, 0.25) is 0 Å². The number of carbonyl (C=O) groups is 2. The minimum atomic E-state index is -0.253. The van der Waals surface area contributed by atoms with Gasteiger partial charge in [0.1, 0.15) is 0 Å². The predicted octanol–water partition coefficient (Wildman–Crippen LogP) is 3.48. The molecule has 2 rings (SSSR count). The molecule has 0 bridgehead atoms. The maximum atomic E-state index is 12.0. The summed E-state index contributed by atoms with van der Waals surface area (Å²) in [6, 6.07) is 11.7. The van der Waals surface area contributed by atoms with Gasteiger partial charge < -0.3 is 10.6 Å². The molecule has 0 radical (unpaired) electrons. The molecular formula is C18H22N2O2S2. The van der Waals surface area contributed by atoms with Gasteiger partial charge in [-0.3, -0.25) is 9.59 Å². The highest BCUT2D eigenvalue weighted by Crippen LogP contribution is 2.13. The van der Waals surface area contributed by atoms with E-state index < -0.39 is 0 Å². The maximum absolute atomic E-state index is 12.0. The van der Waals surface area contributed by atoms with Crippen molar-refractivity contribution in [2.24, 2.45) is 0 Å². The quantitative estimate of drug-likeness (QED) is 0.756. The maximum Gasteiger partial charge on any atom is 0.234 e. The zero-order valence-corrected chi connectivity index (χ0v) is 15.5. The Morgan fingerprint density at radius 2 is 1.96 bits per heavy atom. The second kappa shape index (κ2) is 9.49. The third-order valence-electron chi connectivity index (χ3n) is 3.42. The van der Waals surface area contributed by atoms with Gasteiger partial charge in [-0.05, 0) is 43.8 Å². The van der Waals surface area contributed by atoms with Gasteiger partial charge in [-0.15, -0.1) is 23.1 Å². The fourth-order valence-corrected chi connectivity index (χ4v) is 3.44. The normalized spacial score (nSPS) is 11.8. The highest BCUT2D eigenvalue weighted by Gasteiger charge is 2.15. The van der Waals surface area contributed by atoms with E-state index in [2.05, 4.69) is 16.7 Å². The Morgan fingerprint density at radius 1 is 1.21 bits per heavy atom. The number of thiophene rings is 1. The third-order valence-corrected chi connectivity index (χ3v) is 5.50. The van der Waals surface area contributed by atoms with Crippen molar-refractivity contribution in [3.05, 3.63) is 52.2 Å². The van der Waals surface area contributed by atoms with Gasteiger partial charge in [0.15, 0.2) is 0 Å². The van der Waals surface area contributed by atoms with Crippen LogP contribution in [0.5, 0.6) is 0 Å². The number of aryl methyl sites for hydroxylation is 1. The van der Waals surface area contributed by atoms with Crippen LogP contribution in [0.25, 0.3) is 0 Å². The fraction of sp³-hybridized carbons (Fsp3) is 0.333.